The molecule has 1 amide bonds. The van der Waals surface area contributed by atoms with Gasteiger partial charge < -0.3 is 14.7 Å². The fourth-order valence-electron chi connectivity index (χ4n) is 2.93. The Hall–Kier alpha value is -1.43. The van der Waals surface area contributed by atoms with E-state index in [1.807, 2.05) is 11.8 Å². The minimum atomic E-state index is 0.0423. The summed E-state index contributed by atoms with van der Waals surface area (Å²) in [5, 5.41) is 7.54. The third-order valence-corrected chi connectivity index (χ3v) is 4.34. The Labute approximate surface area is 126 Å². The number of nitrogens with one attached hydrogen (secondary N) is 1. The van der Waals surface area contributed by atoms with Gasteiger partial charge in [-0.1, -0.05) is 25.4 Å². The average Bonchev–Trinajstić information content (AvgIpc) is 2.96. The van der Waals surface area contributed by atoms with Crippen LogP contribution >= 0.6 is 0 Å². The van der Waals surface area contributed by atoms with Gasteiger partial charge in [0, 0.05) is 32.5 Å². The van der Waals surface area contributed by atoms with Crippen molar-refractivity contribution in [1.29, 1.82) is 0 Å². The molecule has 0 radical (unpaired) electrons. The van der Waals surface area contributed by atoms with E-state index in [1.54, 1.807) is 6.92 Å². The summed E-state index contributed by atoms with van der Waals surface area (Å²) >= 11 is 0. The van der Waals surface area contributed by atoms with Gasteiger partial charge in [0.1, 0.15) is 0 Å². The Kier molecular flexibility index (Phi) is 5.33. The SMILES string of the molecule is CCc1noc([C@H](C)N[C@@H]2CCN(C(C)=O)C[C@H]2CC)n1. The van der Waals surface area contributed by atoms with Crippen molar-refractivity contribution in [1.82, 2.24) is 20.4 Å². The first kappa shape index (κ1) is 15.9. The summed E-state index contributed by atoms with van der Waals surface area (Å²) in [7, 11) is 0. The van der Waals surface area contributed by atoms with Crippen molar-refractivity contribution in [3.8, 4) is 0 Å². The molecule has 0 unspecified atom stereocenters. The normalized spacial score (nSPS) is 24.1. The first-order chi connectivity index (χ1) is 10.0. The van der Waals surface area contributed by atoms with Gasteiger partial charge in [-0.15, -0.1) is 0 Å². The standard InChI is InChI=1S/C15H26N4O2/c1-5-12-9-19(11(4)20)8-7-13(12)16-10(3)15-17-14(6-2)18-21-15/h10,12-13,16H,5-9H2,1-4H3/t10-,12+,13+/m0/s1. The minimum absolute atomic E-state index is 0.0423. The summed E-state index contributed by atoms with van der Waals surface area (Å²) in [4.78, 5) is 17.8. The fourth-order valence-corrected chi connectivity index (χ4v) is 2.93. The molecule has 21 heavy (non-hydrogen) atoms. The Morgan fingerprint density at radius 1 is 1.52 bits per heavy atom. The second-order valence-corrected chi connectivity index (χ2v) is 5.82. The lowest BCUT2D eigenvalue weighted by molar-refractivity contribution is -0.131. The predicted molar refractivity (Wildman–Crippen MR) is 79.7 cm³/mol. The largest absolute Gasteiger partial charge is 0.343 e. The second-order valence-electron chi connectivity index (χ2n) is 5.82. The van der Waals surface area contributed by atoms with Gasteiger partial charge in [0.15, 0.2) is 5.82 Å². The van der Waals surface area contributed by atoms with Crippen molar-refractivity contribution in [2.75, 3.05) is 13.1 Å². The molecule has 1 aliphatic rings. The third-order valence-electron chi connectivity index (χ3n) is 4.34. The molecule has 1 aliphatic heterocycles. The molecular formula is C15H26N4O2. The molecule has 118 valence electrons. The topological polar surface area (TPSA) is 71.3 Å². The van der Waals surface area contributed by atoms with Gasteiger partial charge in [-0.3, -0.25) is 4.79 Å². The molecule has 1 saturated heterocycles. The van der Waals surface area contributed by atoms with E-state index in [4.69, 9.17) is 4.52 Å². The molecule has 0 aliphatic carbocycles. The molecule has 1 fully saturated rings. The lowest BCUT2D eigenvalue weighted by Gasteiger charge is -2.39. The highest BCUT2D eigenvalue weighted by Gasteiger charge is 2.30. The van der Waals surface area contributed by atoms with Crippen molar-refractivity contribution >= 4 is 5.91 Å². The van der Waals surface area contributed by atoms with Crippen molar-refractivity contribution in [2.45, 2.75) is 59.0 Å². The van der Waals surface area contributed by atoms with Crippen molar-refractivity contribution in [3.63, 3.8) is 0 Å². The van der Waals surface area contributed by atoms with Gasteiger partial charge in [0.2, 0.25) is 11.8 Å². The zero-order chi connectivity index (χ0) is 15.4. The van der Waals surface area contributed by atoms with E-state index in [0.717, 1.165) is 38.2 Å². The maximum absolute atomic E-state index is 11.5. The van der Waals surface area contributed by atoms with Crippen LogP contribution in [0.2, 0.25) is 0 Å². The smallest absolute Gasteiger partial charge is 0.243 e. The number of nitrogens with zero attached hydrogens (tertiary/aromatic N) is 3. The number of hydrogen-bond acceptors (Lipinski definition) is 5. The number of likely N-dealkylation sites (tertiary alicyclic amines) is 1. The molecule has 0 bridgehead atoms. The van der Waals surface area contributed by atoms with Gasteiger partial charge in [0.25, 0.3) is 0 Å². The monoisotopic (exact) mass is 294 g/mol. The molecule has 6 heteroatoms. The van der Waals surface area contributed by atoms with Gasteiger partial charge in [-0.25, -0.2) is 0 Å². The van der Waals surface area contributed by atoms with E-state index in [0.29, 0.717) is 17.9 Å². The van der Waals surface area contributed by atoms with Crippen LogP contribution in [0.1, 0.15) is 58.3 Å². The van der Waals surface area contributed by atoms with Crippen LogP contribution < -0.4 is 5.32 Å². The number of aromatic nitrogens is 2. The molecule has 0 aromatic carbocycles. The number of carbonyl (C=O) groups is 1. The van der Waals surface area contributed by atoms with Crippen LogP contribution in [0.4, 0.5) is 0 Å². The summed E-state index contributed by atoms with van der Waals surface area (Å²) in [5.74, 6) is 2.04. The van der Waals surface area contributed by atoms with E-state index < -0.39 is 0 Å². The van der Waals surface area contributed by atoms with Crippen molar-refractivity contribution < 1.29 is 9.32 Å². The minimum Gasteiger partial charge on any atom is -0.343 e. The summed E-state index contributed by atoms with van der Waals surface area (Å²) in [6.45, 7) is 9.54. The van der Waals surface area contributed by atoms with Gasteiger partial charge >= 0.3 is 0 Å². The molecular weight excluding hydrogens is 268 g/mol. The van der Waals surface area contributed by atoms with Crippen LogP contribution in [0.3, 0.4) is 0 Å². The molecule has 1 aromatic rings. The highest BCUT2D eigenvalue weighted by molar-refractivity contribution is 5.73. The van der Waals surface area contributed by atoms with Gasteiger partial charge in [0.05, 0.1) is 6.04 Å². The Balaban J connectivity index is 1.96. The van der Waals surface area contributed by atoms with Crippen LogP contribution in [0.5, 0.6) is 0 Å². The summed E-state index contributed by atoms with van der Waals surface area (Å²) < 4.78 is 5.30. The number of hydrogen-bond donors (Lipinski definition) is 1. The number of carbonyl (C=O) groups excluding carboxylic acids is 1. The number of rotatable bonds is 5. The molecule has 2 heterocycles. The molecule has 1 N–H and O–H groups in total. The summed E-state index contributed by atoms with van der Waals surface area (Å²) in [6.07, 6.45) is 2.81. The van der Waals surface area contributed by atoms with Gasteiger partial charge in [-0.2, -0.15) is 4.98 Å². The van der Waals surface area contributed by atoms with Crippen LogP contribution in [-0.2, 0) is 11.2 Å². The molecule has 2 rings (SSSR count). The first-order valence-electron chi connectivity index (χ1n) is 7.89. The Morgan fingerprint density at radius 2 is 2.29 bits per heavy atom. The van der Waals surface area contributed by atoms with Crippen LogP contribution in [0.15, 0.2) is 4.52 Å². The molecule has 0 saturated carbocycles. The maximum Gasteiger partial charge on any atom is 0.243 e. The van der Waals surface area contributed by atoms with E-state index in [-0.39, 0.29) is 11.9 Å². The van der Waals surface area contributed by atoms with Crippen LogP contribution in [-0.4, -0.2) is 40.1 Å². The van der Waals surface area contributed by atoms with E-state index in [9.17, 15) is 4.79 Å². The predicted octanol–water partition coefficient (Wildman–Crippen LogP) is 1.93. The number of aryl methyl sites for hydroxylation is 1. The maximum atomic E-state index is 11.5. The fraction of sp³-hybridized carbons (Fsp3) is 0.800. The lowest BCUT2D eigenvalue weighted by atomic mass is 9.89. The zero-order valence-corrected chi connectivity index (χ0v) is 13.4. The molecule has 0 spiro atoms. The summed E-state index contributed by atoms with van der Waals surface area (Å²) in [5.41, 5.74) is 0. The van der Waals surface area contributed by atoms with E-state index in [2.05, 4.69) is 29.3 Å². The highest BCUT2D eigenvalue weighted by atomic mass is 16.5. The van der Waals surface area contributed by atoms with Crippen LogP contribution in [0, 0.1) is 5.92 Å². The number of piperidine rings is 1. The number of amides is 1. The van der Waals surface area contributed by atoms with Crippen molar-refractivity contribution in [2.24, 2.45) is 5.92 Å². The lowest BCUT2D eigenvalue weighted by Crippen LogP contribution is -2.50. The van der Waals surface area contributed by atoms with Gasteiger partial charge in [-0.05, 0) is 19.3 Å². The molecule has 6 nitrogen and oxygen atoms in total. The Bertz CT molecular complexity index is 474. The second kappa shape index (κ2) is 7.02. The first-order valence-corrected chi connectivity index (χ1v) is 7.89. The average molecular weight is 294 g/mol. The summed E-state index contributed by atoms with van der Waals surface area (Å²) in [6, 6.07) is 0.429. The van der Waals surface area contributed by atoms with Crippen LogP contribution in [0.25, 0.3) is 0 Å². The quantitative estimate of drug-likeness (QED) is 0.898. The van der Waals surface area contributed by atoms with Crippen molar-refractivity contribution in [3.05, 3.63) is 11.7 Å². The molecule has 3 atom stereocenters. The van der Waals surface area contributed by atoms with E-state index in [1.165, 1.54) is 0 Å². The van der Waals surface area contributed by atoms with E-state index >= 15 is 0 Å². The third kappa shape index (κ3) is 3.81. The highest BCUT2D eigenvalue weighted by Crippen LogP contribution is 2.23. The Morgan fingerprint density at radius 3 is 2.86 bits per heavy atom. The molecule has 1 aromatic heterocycles. The zero-order valence-electron chi connectivity index (χ0n) is 13.4.